The molecule has 1 aliphatic rings. The number of hydrogen-bond donors (Lipinski definition) is 3. The highest BCUT2D eigenvalue weighted by molar-refractivity contribution is 5.94. The van der Waals surface area contributed by atoms with Crippen molar-refractivity contribution in [1.29, 1.82) is 0 Å². The minimum absolute atomic E-state index is 0.0696. The third-order valence-corrected chi connectivity index (χ3v) is 2.83. The third-order valence-electron chi connectivity index (χ3n) is 2.83. The summed E-state index contributed by atoms with van der Waals surface area (Å²) in [4.78, 5) is 15.5. The van der Waals surface area contributed by atoms with E-state index in [0.717, 1.165) is 29.7 Å². The molecule has 1 saturated carbocycles. The first-order chi connectivity index (χ1) is 9.02. The number of nitrogens with two attached hydrogens (primary N) is 1. The normalized spacial score (nSPS) is 15.2. The van der Waals surface area contributed by atoms with Crippen molar-refractivity contribution in [2.45, 2.75) is 32.7 Å². The van der Waals surface area contributed by atoms with Crippen LogP contribution < -0.4 is 16.4 Å². The van der Waals surface area contributed by atoms with Gasteiger partial charge in [-0.3, -0.25) is 4.79 Å². The Morgan fingerprint density at radius 1 is 1.32 bits per heavy atom. The molecule has 0 radical (unpaired) electrons. The zero-order valence-electron chi connectivity index (χ0n) is 11.4. The summed E-state index contributed by atoms with van der Waals surface area (Å²) in [5.41, 5.74) is 8.96. The fourth-order valence-corrected chi connectivity index (χ4v) is 1.89. The minimum atomic E-state index is -0.0762. The zero-order valence-corrected chi connectivity index (χ0v) is 11.4. The number of hydrogen-bond acceptors (Lipinski definition) is 2. The maximum Gasteiger partial charge on any atom is 0.242 e. The number of carbonyl (C=O) groups excluding carboxylic acids is 1. The van der Waals surface area contributed by atoms with Crippen molar-refractivity contribution in [3.05, 3.63) is 29.3 Å². The fourth-order valence-electron chi connectivity index (χ4n) is 1.89. The van der Waals surface area contributed by atoms with E-state index in [0.29, 0.717) is 6.04 Å². The Labute approximate surface area is 113 Å². The van der Waals surface area contributed by atoms with Crippen molar-refractivity contribution in [2.24, 2.45) is 10.7 Å². The van der Waals surface area contributed by atoms with Gasteiger partial charge in [0.1, 0.15) is 6.54 Å². The second-order valence-corrected chi connectivity index (χ2v) is 5.04. The molecular weight excluding hydrogens is 240 g/mol. The quantitative estimate of drug-likeness (QED) is 0.564. The molecule has 2 rings (SSSR count). The standard InChI is InChI=1S/C14H20N4O/c1-9-5-10(2)7-12(6-9)18-14(15)16-8-13(19)17-11-3-4-11/h5-7,11H,3-4,8H2,1-2H3,(H,17,19)(H3,15,16,18). The lowest BCUT2D eigenvalue weighted by molar-refractivity contribution is -0.119. The van der Waals surface area contributed by atoms with E-state index in [1.54, 1.807) is 0 Å². The summed E-state index contributed by atoms with van der Waals surface area (Å²) in [5.74, 6) is 0.184. The number of benzene rings is 1. The van der Waals surface area contributed by atoms with E-state index >= 15 is 0 Å². The molecule has 0 unspecified atom stereocenters. The van der Waals surface area contributed by atoms with Crippen LogP contribution in [0.1, 0.15) is 24.0 Å². The van der Waals surface area contributed by atoms with E-state index in [1.807, 2.05) is 26.0 Å². The van der Waals surface area contributed by atoms with E-state index < -0.39 is 0 Å². The second-order valence-electron chi connectivity index (χ2n) is 5.04. The molecule has 5 heteroatoms. The molecule has 4 N–H and O–H groups in total. The number of aliphatic imine (C=N–C) groups is 1. The average molecular weight is 260 g/mol. The lowest BCUT2D eigenvalue weighted by Crippen LogP contribution is -2.30. The Hall–Kier alpha value is -2.04. The number of rotatable bonds is 4. The third kappa shape index (κ3) is 4.62. The average Bonchev–Trinajstić information content (AvgIpc) is 3.09. The molecule has 5 nitrogen and oxygen atoms in total. The molecule has 0 spiro atoms. The lowest BCUT2D eigenvalue weighted by atomic mass is 10.1. The van der Waals surface area contributed by atoms with Gasteiger partial charge in [-0.25, -0.2) is 4.99 Å². The monoisotopic (exact) mass is 260 g/mol. The number of amides is 1. The van der Waals surface area contributed by atoms with Crippen molar-refractivity contribution in [2.75, 3.05) is 11.9 Å². The van der Waals surface area contributed by atoms with E-state index in [9.17, 15) is 4.79 Å². The van der Waals surface area contributed by atoms with Gasteiger partial charge in [-0.1, -0.05) is 6.07 Å². The first kappa shape index (κ1) is 13.4. The summed E-state index contributed by atoms with van der Waals surface area (Å²) in [5, 5.41) is 5.86. The first-order valence-electron chi connectivity index (χ1n) is 6.47. The molecule has 0 atom stereocenters. The molecular formula is C14H20N4O. The minimum Gasteiger partial charge on any atom is -0.370 e. The molecule has 102 valence electrons. The van der Waals surface area contributed by atoms with Gasteiger partial charge in [-0.05, 0) is 49.9 Å². The summed E-state index contributed by atoms with van der Waals surface area (Å²) in [6.45, 7) is 4.11. The lowest BCUT2D eigenvalue weighted by Gasteiger charge is -2.08. The van der Waals surface area contributed by atoms with Gasteiger partial charge in [0.05, 0.1) is 0 Å². The number of anilines is 1. The zero-order chi connectivity index (χ0) is 13.8. The number of nitrogens with one attached hydrogen (secondary N) is 2. The SMILES string of the molecule is Cc1cc(C)cc(NC(N)=NCC(=O)NC2CC2)c1. The van der Waals surface area contributed by atoms with Crippen LogP contribution in [0.4, 0.5) is 5.69 Å². The van der Waals surface area contributed by atoms with Gasteiger partial charge >= 0.3 is 0 Å². The summed E-state index contributed by atoms with van der Waals surface area (Å²) in [6.07, 6.45) is 2.15. The van der Waals surface area contributed by atoms with Crippen LogP contribution in [0.5, 0.6) is 0 Å². The van der Waals surface area contributed by atoms with Gasteiger partial charge in [0.25, 0.3) is 0 Å². The summed E-state index contributed by atoms with van der Waals surface area (Å²) < 4.78 is 0. The van der Waals surface area contributed by atoms with Crippen molar-refractivity contribution >= 4 is 17.6 Å². The first-order valence-corrected chi connectivity index (χ1v) is 6.47. The van der Waals surface area contributed by atoms with Crippen LogP contribution in [0.25, 0.3) is 0 Å². The molecule has 19 heavy (non-hydrogen) atoms. The second kappa shape index (κ2) is 5.73. The molecule has 1 fully saturated rings. The van der Waals surface area contributed by atoms with Crippen molar-refractivity contribution in [3.63, 3.8) is 0 Å². The highest BCUT2D eigenvalue weighted by Crippen LogP contribution is 2.18. The van der Waals surface area contributed by atoms with E-state index in [1.165, 1.54) is 0 Å². The maximum atomic E-state index is 11.5. The molecule has 0 aliphatic heterocycles. The molecule has 0 bridgehead atoms. The number of aryl methyl sites for hydroxylation is 2. The largest absolute Gasteiger partial charge is 0.370 e. The summed E-state index contributed by atoms with van der Waals surface area (Å²) in [7, 11) is 0. The molecule has 1 amide bonds. The van der Waals surface area contributed by atoms with Crippen LogP contribution in [-0.4, -0.2) is 24.5 Å². The molecule has 0 aromatic heterocycles. The Morgan fingerprint density at radius 3 is 2.53 bits per heavy atom. The molecule has 1 aliphatic carbocycles. The number of guanidine groups is 1. The van der Waals surface area contributed by atoms with Crippen LogP contribution in [0.3, 0.4) is 0 Å². The predicted molar refractivity (Wildman–Crippen MR) is 77.2 cm³/mol. The molecule has 0 saturated heterocycles. The van der Waals surface area contributed by atoms with Crippen molar-refractivity contribution in [1.82, 2.24) is 5.32 Å². The fraction of sp³-hybridized carbons (Fsp3) is 0.429. The maximum absolute atomic E-state index is 11.5. The van der Waals surface area contributed by atoms with Gasteiger partial charge in [-0.15, -0.1) is 0 Å². The summed E-state index contributed by atoms with van der Waals surface area (Å²) >= 11 is 0. The van der Waals surface area contributed by atoms with E-state index in [4.69, 9.17) is 5.73 Å². The van der Waals surface area contributed by atoms with Crippen LogP contribution in [0.2, 0.25) is 0 Å². The topological polar surface area (TPSA) is 79.5 Å². The highest BCUT2D eigenvalue weighted by Gasteiger charge is 2.22. The highest BCUT2D eigenvalue weighted by atomic mass is 16.2. The smallest absolute Gasteiger partial charge is 0.242 e. The van der Waals surface area contributed by atoms with Crippen LogP contribution >= 0.6 is 0 Å². The van der Waals surface area contributed by atoms with Crippen LogP contribution in [0, 0.1) is 13.8 Å². The van der Waals surface area contributed by atoms with Gasteiger partial charge in [0, 0.05) is 11.7 Å². The van der Waals surface area contributed by atoms with E-state index in [-0.39, 0.29) is 18.4 Å². The van der Waals surface area contributed by atoms with Gasteiger partial charge < -0.3 is 16.4 Å². The molecule has 0 heterocycles. The van der Waals surface area contributed by atoms with Gasteiger partial charge in [0.2, 0.25) is 5.91 Å². The Morgan fingerprint density at radius 2 is 1.95 bits per heavy atom. The van der Waals surface area contributed by atoms with Crippen LogP contribution in [0.15, 0.2) is 23.2 Å². The van der Waals surface area contributed by atoms with Gasteiger partial charge in [0.15, 0.2) is 5.96 Å². The van der Waals surface area contributed by atoms with Crippen LogP contribution in [-0.2, 0) is 4.79 Å². The number of nitrogens with zero attached hydrogens (tertiary/aromatic N) is 1. The van der Waals surface area contributed by atoms with Crippen molar-refractivity contribution in [3.8, 4) is 0 Å². The molecule has 1 aromatic rings. The predicted octanol–water partition coefficient (Wildman–Crippen LogP) is 1.31. The van der Waals surface area contributed by atoms with Gasteiger partial charge in [-0.2, -0.15) is 0 Å². The van der Waals surface area contributed by atoms with Crippen molar-refractivity contribution < 1.29 is 4.79 Å². The van der Waals surface area contributed by atoms with E-state index in [2.05, 4.69) is 21.7 Å². The Kier molecular flexibility index (Phi) is 4.04. The Balaban J connectivity index is 1.87. The molecule has 1 aromatic carbocycles. The summed E-state index contributed by atoms with van der Waals surface area (Å²) in [6, 6.07) is 6.41. The Bertz CT molecular complexity index is 486. The number of carbonyl (C=O) groups is 1.